The number of halogens is 1. The number of ether oxygens (including phenoxy) is 2. The van der Waals surface area contributed by atoms with Gasteiger partial charge in [-0.3, -0.25) is 14.4 Å². The van der Waals surface area contributed by atoms with Crippen LogP contribution in [-0.4, -0.2) is 64.8 Å². The molecule has 0 radical (unpaired) electrons. The molecule has 1 spiro atoms. The minimum absolute atomic E-state index is 0.108. The summed E-state index contributed by atoms with van der Waals surface area (Å²) in [7, 11) is 0. The standard InChI is InChI=1S/C23H29ClN2O6/c1-4-31-22(30)17-16-9-10-23(32-16)18(17)21(29)26(15(11-27)12(2)3)19(23)20(28)25-14-7-5-13(24)6-8-14/h5-8,12,15-19,27H,4,9-11H2,1-3H3,(H,25,28)/t15-,16+,17-,18-,19?,23?/m0/s1. The van der Waals surface area contributed by atoms with Crippen molar-refractivity contribution >= 4 is 35.1 Å². The molecule has 1 aromatic carbocycles. The Bertz CT molecular complexity index is 906. The lowest BCUT2D eigenvalue weighted by atomic mass is 9.70. The molecule has 2 unspecified atom stereocenters. The molecule has 3 aliphatic heterocycles. The van der Waals surface area contributed by atoms with E-state index in [1.807, 2.05) is 13.8 Å². The summed E-state index contributed by atoms with van der Waals surface area (Å²) in [6.45, 7) is 5.38. The summed E-state index contributed by atoms with van der Waals surface area (Å²) < 4.78 is 11.6. The molecule has 9 heteroatoms. The van der Waals surface area contributed by atoms with Crippen LogP contribution in [-0.2, 0) is 23.9 Å². The van der Waals surface area contributed by atoms with E-state index in [1.54, 1.807) is 31.2 Å². The number of amides is 2. The zero-order valence-corrected chi connectivity index (χ0v) is 19.2. The third kappa shape index (κ3) is 3.49. The molecule has 2 bridgehead atoms. The Morgan fingerprint density at radius 2 is 2.03 bits per heavy atom. The van der Waals surface area contributed by atoms with Gasteiger partial charge in [0.1, 0.15) is 11.6 Å². The Balaban J connectivity index is 1.74. The van der Waals surface area contributed by atoms with Gasteiger partial charge in [0.2, 0.25) is 11.8 Å². The lowest BCUT2D eigenvalue weighted by Gasteiger charge is -2.38. The lowest BCUT2D eigenvalue weighted by molar-refractivity contribution is -0.155. The van der Waals surface area contributed by atoms with Crippen LogP contribution in [0.4, 0.5) is 5.69 Å². The molecular weight excluding hydrogens is 436 g/mol. The SMILES string of the molecule is CCOC(=O)[C@@H]1[C@H]2C(=O)N([C@@H](CO)C(C)C)C(C(=O)Nc3ccc(Cl)cc3)C23CC[C@H]1O3. The van der Waals surface area contributed by atoms with Crippen LogP contribution >= 0.6 is 11.6 Å². The number of benzene rings is 1. The average molecular weight is 465 g/mol. The van der Waals surface area contributed by atoms with Gasteiger partial charge in [0, 0.05) is 10.7 Å². The van der Waals surface area contributed by atoms with E-state index in [1.165, 1.54) is 4.90 Å². The van der Waals surface area contributed by atoms with Crippen molar-refractivity contribution in [2.75, 3.05) is 18.5 Å². The number of esters is 1. The quantitative estimate of drug-likeness (QED) is 0.599. The first kappa shape index (κ1) is 23.0. The van der Waals surface area contributed by atoms with Gasteiger partial charge in [-0.1, -0.05) is 25.4 Å². The van der Waals surface area contributed by atoms with Crippen LogP contribution in [0.15, 0.2) is 24.3 Å². The zero-order valence-electron chi connectivity index (χ0n) is 18.4. The molecule has 6 atom stereocenters. The largest absolute Gasteiger partial charge is 0.466 e. The van der Waals surface area contributed by atoms with Gasteiger partial charge < -0.3 is 24.8 Å². The highest BCUT2D eigenvalue weighted by Gasteiger charge is 2.75. The fraction of sp³-hybridized carbons (Fsp3) is 0.609. The number of aliphatic hydroxyl groups excluding tert-OH is 1. The predicted molar refractivity (Wildman–Crippen MR) is 117 cm³/mol. The summed E-state index contributed by atoms with van der Waals surface area (Å²) in [5.41, 5.74) is -0.593. The number of carbonyl (C=O) groups excluding carboxylic acids is 3. The van der Waals surface area contributed by atoms with Crippen LogP contribution in [0.2, 0.25) is 5.02 Å². The number of nitrogens with one attached hydrogen (secondary N) is 1. The number of fused-ring (bicyclic) bond motifs is 1. The fourth-order valence-corrected chi connectivity index (χ4v) is 5.74. The maximum Gasteiger partial charge on any atom is 0.312 e. The van der Waals surface area contributed by atoms with E-state index < -0.39 is 47.5 Å². The van der Waals surface area contributed by atoms with Gasteiger partial charge in [-0.2, -0.15) is 0 Å². The molecule has 0 aromatic heterocycles. The molecular formula is C23H29ClN2O6. The van der Waals surface area contributed by atoms with E-state index in [-0.39, 0.29) is 25.0 Å². The van der Waals surface area contributed by atoms with E-state index in [0.29, 0.717) is 23.6 Å². The van der Waals surface area contributed by atoms with Gasteiger partial charge in [-0.25, -0.2) is 0 Å². The molecule has 0 saturated carbocycles. The third-order valence-electron chi connectivity index (χ3n) is 6.97. The molecule has 32 heavy (non-hydrogen) atoms. The van der Waals surface area contributed by atoms with Crippen molar-refractivity contribution in [1.82, 2.24) is 4.90 Å². The van der Waals surface area contributed by atoms with Crippen molar-refractivity contribution in [2.24, 2.45) is 17.8 Å². The fourth-order valence-electron chi connectivity index (χ4n) is 5.62. The first-order valence-corrected chi connectivity index (χ1v) is 11.5. The summed E-state index contributed by atoms with van der Waals surface area (Å²) in [4.78, 5) is 41.6. The molecule has 2 N–H and O–H groups in total. The zero-order chi connectivity index (χ0) is 23.2. The highest BCUT2D eigenvalue weighted by atomic mass is 35.5. The molecule has 2 amide bonds. The van der Waals surface area contributed by atoms with E-state index >= 15 is 0 Å². The van der Waals surface area contributed by atoms with Crippen LogP contribution in [0.1, 0.15) is 33.6 Å². The number of nitrogens with zero attached hydrogens (tertiary/aromatic N) is 1. The Hall–Kier alpha value is -2.16. The normalized spacial score (nSPS) is 31.7. The van der Waals surface area contributed by atoms with Crippen LogP contribution < -0.4 is 5.32 Å². The van der Waals surface area contributed by atoms with Crippen molar-refractivity contribution in [3.8, 4) is 0 Å². The lowest BCUT2D eigenvalue weighted by Crippen LogP contribution is -2.57. The molecule has 1 aromatic rings. The smallest absolute Gasteiger partial charge is 0.312 e. The van der Waals surface area contributed by atoms with Crippen molar-refractivity contribution < 1.29 is 29.0 Å². The van der Waals surface area contributed by atoms with Crippen molar-refractivity contribution in [3.05, 3.63) is 29.3 Å². The maximum atomic E-state index is 13.7. The van der Waals surface area contributed by atoms with Gasteiger partial charge in [0.05, 0.1) is 37.2 Å². The topological polar surface area (TPSA) is 105 Å². The average Bonchev–Trinajstić information content (AvgIpc) is 3.38. The van der Waals surface area contributed by atoms with Crippen LogP contribution in [0.5, 0.6) is 0 Å². The Kier molecular flexibility index (Phi) is 6.22. The van der Waals surface area contributed by atoms with Crippen molar-refractivity contribution in [2.45, 2.75) is 57.4 Å². The van der Waals surface area contributed by atoms with E-state index in [0.717, 1.165) is 0 Å². The Morgan fingerprint density at radius 1 is 1.34 bits per heavy atom. The predicted octanol–water partition coefficient (Wildman–Crippen LogP) is 2.23. The highest BCUT2D eigenvalue weighted by molar-refractivity contribution is 6.30. The number of likely N-dealkylation sites (tertiary alicyclic amines) is 1. The van der Waals surface area contributed by atoms with Gasteiger partial charge >= 0.3 is 5.97 Å². The summed E-state index contributed by atoms with van der Waals surface area (Å²) >= 11 is 5.95. The maximum absolute atomic E-state index is 13.7. The second-order valence-corrected chi connectivity index (χ2v) is 9.48. The molecule has 3 aliphatic rings. The molecule has 3 heterocycles. The Morgan fingerprint density at radius 3 is 2.62 bits per heavy atom. The molecule has 4 rings (SSSR count). The number of anilines is 1. The summed E-state index contributed by atoms with van der Waals surface area (Å²) in [6.07, 6.45) is 0.592. The number of aliphatic hydroxyl groups is 1. The summed E-state index contributed by atoms with van der Waals surface area (Å²) in [6, 6.07) is 5.12. The molecule has 3 fully saturated rings. The second kappa shape index (κ2) is 8.65. The number of carbonyl (C=O) groups is 3. The van der Waals surface area contributed by atoms with Gasteiger partial charge in [0.25, 0.3) is 0 Å². The Labute approximate surface area is 192 Å². The molecule has 174 valence electrons. The van der Waals surface area contributed by atoms with Gasteiger partial charge in [-0.05, 0) is 49.9 Å². The van der Waals surface area contributed by atoms with Crippen LogP contribution in [0, 0.1) is 17.8 Å². The monoisotopic (exact) mass is 464 g/mol. The number of rotatable bonds is 7. The first-order valence-electron chi connectivity index (χ1n) is 11.1. The minimum atomic E-state index is -1.13. The van der Waals surface area contributed by atoms with Crippen molar-refractivity contribution in [1.29, 1.82) is 0 Å². The number of hydrogen-bond donors (Lipinski definition) is 2. The van der Waals surface area contributed by atoms with E-state index in [4.69, 9.17) is 21.1 Å². The van der Waals surface area contributed by atoms with Gasteiger partial charge in [0.15, 0.2) is 0 Å². The summed E-state index contributed by atoms with van der Waals surface area (Å²) in [5, 5.41) is 13.5. The summed E-state index contributed by atoms with van der Waals surface area (Å²) in [5.74, 6) is -2.89. The second-order valence-electron chi connectivity index (χ2n) is 9.04. The molecule has 0 aliphatic carbocycles. The van der Waals surface area contributed by atoms with Crippen molar-refractivity contribution in [3.63, 3.8) is 0 Å². The van der Waals surface area contributed by atoms with Crippen LogP contribution in [0.3, 0.4) is 0 Å². The minimum Gasteiger partial charge on any atom is -0.466 e. The number of hydrogen-bond acceptors (Lipinski definition) is 6. The molecule has 8 nitrogen and oxygen atoms in total. The third-order valence-corrected chi connectivity index (χ3v) is 7.22. The first-order chi connectivity index (χ1) is 15.2. The highest BCUT2D eigenvalue weighted by Crippen LogP contribution is 2.59. The van der Waals surface area contributed by atoms with E-state index in [2.05, 4.69) is 5.32 Å². The van der Waals surface area contributed by atoms with Crippen LogP contribution in [0.25, 0.3) is 0 Å². The molecule has 3 saturated heterocycles. The van der Waals surface area contributed by atoms with E-state index in [9.17, 15) is 19.5 Å². The van der Waals surface area contributed by atoms with Gasteiger partial charge in [-0.15, -0.1) is 0 Å².